The van der Waals surface area contributed by atoms with Gasteiger partial charge in [-0.05, 0) is 49.7 Å². The van der Waals surface area contributed by atoms with Gasteiger partial charge >= 0.3 is 0 Å². The van der Waals surface area contributed by atoms with Crippen LogP contribution in [0.4, 0.5) is 0 Å². The van der Waals surface area contributed by atoms with Gasteiger partial charge in [0, 0.05) is 5.02 Å². The van der Waals surface area contributed by atoms with Crippen LogP contribution in [0.3, 0.4) is 0 Å². The second kappa shape index (κ2) is 8.18. The lowest BCUT2D eigenvalue weighted by atomic mass is 10.2. The van der Waals surface area contributed by atoms with Gasteiger partial charge in [-0.25, -0.2) is 0 Å². The zero-order chi connectivity index (χ0) is 19.4. The summed E-state index contributed by atoms with van der Waals surface area (Å²) in [6.07, 6.45) is -1.69. The zero-order valence-electron chi connectivity index (χ0n) is 14.8. The molecule has 2 atom stereocenters. The molecule has 1 aliphatic rings. The molecule has 0 spiro atoms. The molecule has 2 amide bonds. The molecule has 2 aromatic carbocycles. The number of amides is 2. The molecule has 8 heteroatoms. The number of carbonyl (C=O) groups excluding carboxylic acids is 2. The molecule has 0 bridgehead atoms. The number of fused-ring (bicyclic) bond motifs is 1. The number of halogens is 1. The molecule has 0 fully saturated rings. The predicted octanol–water partition coefficient (Wildman–Crippen LogP) is 2.40. The maximum atomic E-state index is 12.2. The van der Waals surface area contributed by atoms with E-state index >= 15 is 0 Å². The molecule has 2 N–H and O–H groups in total. The summed E-state index contributed by atoms with van der Waals surface area (Å²) in [4.78, 5) is 24.4. The van der Waals surface area contributed by atoms with Crippen LogP contribution in [0, 0.1) is 6.92 Å². The van der Waals surface area contributed by atoms with Crippen LogP contribution in [0.2, 0.25) is 5.02 Å². The Morgan fingerprint density at radius 2 is 1.93 bits per heavy atom. The third kappa shape index (κ3) is 4.62. The first-order valence-electron chi connectivity index (χ1n) is 8.35. The summed E-state index contributed by atoms with van der Waals surface area (Å²) in [5, 5.41) is 0.584. The molecule has 1 aliphatic heterocycles. The summed E-state index contributed by atoms with van der Waals surface area (Å²) < 4.78 is 16.7. The summed E-state index contributed by atoms with van der Waals surface area (Å²) in [6.45, 7) is 3.45. The molecule has 1 heterocycles. The van der Waals surface area contributed by atoms with E-state index in [0.29, 0.717) is 22.3 Å². The molecule has 2 aromatic rings. The highest BCUT2D eigenvalue weighted by atomic mass is 35.5. The average Bonchev–Trinajstić information content (AvgIpc) is 2.67. The summed E-state index contributed by atoms with van der Waals surface area (Å²) >= 11 is 5.90. The highest BCUT2D eigenvalue weighted by Gasteiger charge is 2.28. The van der Waals surface area contributed by atoms with Crippen LogP contribution in [-0.2, 0) is 9.59 Å². The Morgan fingerprint density at radius 1 is 1.19 bits per heavy atom. The standard InChI is InChI=1S/C19H19ClN2O5/c1-11-9-13(20)7-8-14(11)26-12(2)18(23)21-22-19(24)17-10-25-15-5-3-4-6-16(15)27-17/h3-9,12,17H,10H2,1-2H3,(H,21,23)(H,22,24)/t12-,17-/m0/s1. The topological polar surface area (TPSA) is 85.9 Å². The number of para-hydroxylation sites is 2. The number of nitrogens with one attached hydrogen (secondary N) is 2. The van der Waals surface area contributed by atoms with E-state index in [0.717, 1.165) is 5.56 Å². The summed E-state index contributed by atoms with van der Waals surface area (Å²) in [5.41, 5.74) is 5.46. The number of hydrogen-bond donors (Lipinski definition) is 2. The second-order valence-electron chi connectivity index (χ2n) is 6.01. The second-order valence-corrected chi connectivity index (χ2v) is 6.45. The minimum absolute atomic E-state index is 0.0503. The molecule has 142 valence electrons. The summed E-state index contributed by atoms with van der Waals surface area (Å²) in [7, 11) is 0. The van der Waals surface area contributed by atoms with Crippen molar-refractivity contribution in [2.75, 3.05) is 6.61 Å². The van der Waals surface area contributed by atoms with Crippen molar-refractivity contribution in [1.82, 2.24) is 10.9 Å². The van der Waals surface area contributed by atoms with Gasteiger partial charge in [-0.15, -0.1) is 0 Å². The Labute approximate surface area is 161 Å². The van der Waals surface area contributed by atoms with E-state index in [1.54, 1.807) is 43.3 Å². The van der Waals surface area contributed by atoms with Crippen molar-refractivity contribution in [3.05, 3.63) is 53.1 Å². The number of rotatable bonds is 4. The largest absolute Gasteiger partial charge is 0.485 e. The van der Waals surface area contributed by atoms with Gasteiger partial charge in [0.25, 0.3) is 11.8 Å². The van der Waals surface area contributed by atoms with Crippen LogP contribution >= 0.6 is 11.6 Å². The van der Waals surface area contributed by atoms with E-state index in [1.165, 1.54) is 0 Å². The summed E-state index contributed by atoms with van der Waals surface area (Å²) in [5.74, 6) is 0.563. The van der Waals surface area contributed by atoms with Gasteiger partial charge in [0.2, 0.25) is 6.10 Å². The maximum absolute atomic E-state index is 12.2. The van der Waals surface area contributed by atoms with Crippen LogP contribution in [0.25, 0.3) is 0 Å². The quantitative estimate of drug-likeness (QED) is 0.783. The number of ether oxygens (including phenoxy) is 3. The van der Waals surface area contributed by atoms with Crippen molar-refractivity contribution < 1.29 is 23.8 Å². The van der Waals surface area contributed by atoms with Gasteiger partial charge in [0.15, 0.2) is 17.6 Å². The molecule has 0 saturated heterocycles. The average molecular weight is 391 g/mol. The normalized spacial score (nSPS) is 16.2. The van der Waals surface area contributed by atoms with E-state index in [-0.39, 0.29) is 6.61 Å². The van der Waals surface area contributed by atoms with Crippen molar-refractivity contribution in [1.29, 1.82) is 0 Å². The molecular weight excluding hydrogens is 372 g/mol. The SMILES string of the molecule is Cc1cc(Cl)ccc1O[C@@H](C)C(=O)NNC(=O)[C@@H]1COc2ccccc2O1. The maximum Gasteiger partial charge on any atom is 0.283 e. The lowest BCUT2D eigenvalue weighted by Gasteiger charge is -2.25. The molecular formula is C19H19ClN2O5. The van der Waals surface area contributed by atoms with Gasteiger partial charge in [0.1, 0.15) is 12.4 Å². The highest BCUT2D eigenvalue weighted by molar-refractivity contribution is 6.30. The molecule has 27 heavy (non-hydrogen) atoms. The molecule has 3 rings (SSSR count). The smallest absolute Gasteiger partial charge is 0.283 e. The van der Waals surface area contributed by atoms with E-state index in [9.17, 15) is 9.59 Å². The van der Waals surface area contributed by atoms with Crippen LogP contribution in [0.15, 0.2) is 42.5 Å². The van der Waals surface area contributed by atoms with Gasteiger partial charge < -0.3 is 14.2 Å². The number of aryl methyl sites for hydroxylation is 1. The van der Waals surface area contributed by atoms with E-state index in [4.69, 9.17) is 25.8 Å². The Kier molecular flexibility index (Phi) is 5.71. The lowest BCUT2D eigenvalue weighted by molar-refractivity contribution is -0.137. The third-order valence-electron chi connectivity index (χ3n) is 3.92. The Balaban J connectivity index is 1.50. The van der Waals surface area contributed by atoms with Gasteiger partial charge in [-0.3, -0.25) is 20.4 Å². The lowest BCUT2D eigenvalue weighted by Crippen LogP contribution is -2.53. The number of benzene rings is 2. The van der Waals surface area contributed by atoms with Crippen molar-refractivity contribution in [2.45, 2.75) is 26.1 Å². The first-order chi connectivity index (χ1) is 12.9. The highest BCUT2D eigenvalue weighted by Crippen LogP contribution is 2.30. The fourth-order valence-corrected chi connectivity index (χ4v) is 2.67. The Bertz CT molecular complexity index is 858. The van der Waals surface area contributed by atoms with Crippen LogP contribution < -0.4 is 25.1 Å². The number of carbonyl (C=O) groups is 2. The van der Waals surface area contributed by atoms with Crippen molar-refractivity contribution in [2.24, 2.45) is 0 Å². The molecule has 0 unspecified atom stereocenters. The third-order valence-corrected chi connectivity index (χ3v) is 4.15. The monoisotopic (exact) mass is 390 g/mol. The zero-order valence-corrected chi connectivity index (χ0v) is 15.6. The van der Waals surface area contributed by atoms with Gasteiger partial charge in [-0.1, -0.05) is 23.7 Å². The van der Waals surface area contributed by atoms with Crippen LogP contribution in [-0.4, -0.2) is 30.6 Å². The molecule has 0 aromatic heterocycles. The minimum atomic E-state index is -0.866. The Hall–Kier alpha value is -2.93. The summed E-state index contributed by atoms with van der Waals surface area (Å²) in [6, 6.07) is 12.1. The van der Waals surface area contributed by atoms with Gasteiger partial charge in [0.05, 0.1) is 0 Å². The number of hydrogen-bond acceptors (Lipinski definition) is 5. The van der Waals surface area contributed by atoms with E-state index < -0.39 is 24.0 Å². The van der Waals surface area contributed by atoms with Gasteiger partial charge in [-0.2, -0.15) is 0 Å². The minimum Gasteiger partial charge on any atom is -0.485 e. The van der Waals surface area contributed by atoms with E-state index in [2.05, 4.69) is 10.9 Å². The first kappa shape index (κ1) is 18.8. The Morgan fingerprint density at radius 3 is 2.67 bits per heavy atom. The van der Waals surface area contributed by atoms with Crippen LogP contribution in [0.5, 0.6) is 17.2 Å². The fraction of sp³-hybridized carbons (Fsp3) is 0.263. The van der Waals surface area contributed by atoms with Crippen molar-refractivity contribution in [3.8, 4) is 17.2 Å². The molecule has 0 aliphatic carbocycles. The van der Waals surface area contributed by atoms with Crippen molar-refractivity contribution >= 4 is 23.4 Å². The van der Waals surface area contributed by atoms with Crippen LogP contribution in [0.1, 0.15) is 12.5 Å². The fourth-order valence-electron chi connectivity index (χ4n) is 2.44. The predicted molar refractivity (Wildman–Crippen MR) is 98.9 cm³/mol. The molecule has 0 saturated carbocycles. The molecule has 0 radical (unpaired) electrons. The first-order valence-corrected chi connectivity index (χ1v) is 8.73. The molecule has 7 nitrogen and oxygen atoms in total. The van der Waals surface area contributed by atoms with Crippen molar-refractivity contribution in [3.63, 3.8) is 0 Å². The van der Waals surface area contributed by atoms with E-state index in [1.807, 2.05) is 13.0 Å². The number of hydrazine groups is 1.